The van der Waals surface area contributed by atoms with Gasteiger partial charge in [0.2, 0.25) is 0 Å². The van der Waals surface area contributed by atoms with Gasteiger partial charge in [0.05, 0.1) is 0 Å². The number of amides is 1. The van der Waals surface area contributed by atoms with E-state index in [1.807, 2.05) is 45.3 Å². The summed E-state index contributed by atoms with van der Waals surface area (Å²) in [6.07, 6.45) is 0. The number of carbonyl (C=O) groups excluding carboxylic acids is 1. The van der Waals surface area contributed by atoms with E-state index in [-0.39, 0.29) is 18.3 Å². The Balaban J connectivity index is 0.00000289. The summed E-state index contributed by atoms with van der Waals surface area (Å²) in [6, 6.07) is 7.66. The maximum atomic E-state index is 11.9. The molecule has 1 amide bonds. The molecular weight excluding hydrogens is 248 g/mol. The minimum atomic E-state index is 0. The lowest BCUT2D eigenvalue weighted by molar-refractivity contribution is 0.0946. The molecule has 3 nitrogen and oxygen atoms in total. The fraction of sp³-hybridized carbons (Fsp3) is 0.500. The minimum Gasteiger partial charge on any atom is -0.352 e. The van der Waals surface area contributed by atoms with Gasteiger partial charge in [0, 0.05) is 18.7 Å². The number of nitrogens with one attached hydrogen (secondary N) is 1. The highest BCUT2D eigenvalue weighted by Gasteiger charge is 2.08. The van der Waals surface area contributed by atoms with Crippen molar-refractivity contribution in [2.24, 2.45) is 5.92 Å². The first-order chi connectivity index (χ1) is 7.99. The lowest BCUT2D eigenvalue weighted by atomic mass is 10.1. The third kappa shape index (κ3) is 6.03. The van der Waals surface area contributed by atoms with Gasteiger partial charge in [-0.3, -0.25) is 4.79 Å². The van der Waals surface area contributed by atoms with Crippen LogP contribution in [0.2, 0.25) is 0 Å². The molecule has 1 N–H and O–H groups in total. The first kappa shape index (κ1) is 16.9. The summed E-state index contributed by atoms with van der Waals surface area (Å²) in [4.78, 5) is 14.0. The zero-order valence-electron chi connectivity index (χ0n) is 11.6. The fourth-order valence-electron chi connectivity index (χ4n) is 1.84. The van der Waals surface area contributed by atoms with Crippen molar-refractivity contribution in [3.63, 3.8) is 0 Å². The van der Waals surface area contributed by atoms with Crippen LogP contribution in [0.5, 0.6) is 0 Å². The van der Waals surface area contributed by atoms with Gasteiger partial charge >= 0.3 is 0 Å². The monoisotopic (exact) mass is 270 g/mol. The van der Waals surface area contributed by atoms with Gasteiger partial charge in [0.15, 0.2) is 0 Å². The number of aryl methyl sites for hydroxylation is 1. The highest BCUT2D eigenvalue weighted by atomic mass is 35.5. The van der Waals surface area contributed by atoms with Crippen molar-refractivity contribution in [1.82, 2.24) is 10.2 Å². The van der Waals surface area contributed by atoms with Gasteiger partial charge in [-0.05, 0) is 39.1 Å². The van der Waals surface area contributed by atoms with Gasteiger partial charge in [-0.2, -0.15) is 0 Å². The van der Waals surface area contributed by atoms with Crippen molar-refractivity contribution in [2.45, 2.75) is 13.8 Å². The molecule has 1 aromatic carbocycles. The first-order valence-corrected chi connectivity index (χ1v) is 5.98. The van der Waals surface area contributed by atoms with Crippen molar-refractivity contribution < 1.29 is 4.79 Å². The molecule has 0 heterocycles. The van der Waals surface area contributed by atoms with Crippen LogP contribution in [0.1, 0.15) is 22.8 Å². The van der Waals surface area contributed by atoms with Crippen LogP contribution < -0.4 is 5.32 Å². The number of hydrogen-bond acceptors (Lipinski definition) is 2. The largest absolute Gasteiger partial charge is 0.352 e. The van der Waals surface area contributed by atoms with E-state index in [9.17, 15) is 4.79 Å². The zero-order chi connectivity index (χ0) is 12.8. The highest BCUT2D eigenvalue weighted by molar-refractivity contribution is 5.94. The van der Waals surface area contributed by atoms with Gasteiger partial charge < -0.3 is 10.2 Å². The average molecular weight is 271 g/mol. The molecule has 0 fully saturated rings. The molecule has 4 heteroatoms. The topological polar surface area (TPSA) is 32.3 Å². The molecule has 0 aliphatic rings. The minimum absolute atomic E-state index is 0. The average Bonchev–Trinajstić information content (AvgIpc) is 2.25. The molecule has 0 saturated carbocycles. The summed E-state index contributed by atoms with van der Waals surface area (Å²) >= 11 is 0. The SMILES string of the molecule is Cc1cccc(C(=O)NCC(C)CN(C)C)c1.Cl. The van der Waals surface area contributed by atoms with E-state index in [1.165, 1.54) is 0 Å². The van der Waals surface area contributed by atoms with Crippen LogP contribution in [0.25, 0.3) is 0 Å². The highest BCUT2D eigenvalue weighted by Crippen LogP contribution is 2.04. The van der Waals surface area contributed by atoms with Crippen LogP contribution in [0.3, 0.4) is 0 Å². The van der Waals surface area contributed by atoms with Crippen LogP contribution in [-0.2, 0) is 0 Å². The maximum absolute atomic E-state index is 11.9. The Kier molecular flexibility index (Phi) is 7.64. The molecular formula is C14H23ClN2O. The summed E-state index contributed by atoms with van der Waals surface area (Å²) in [5.74, 6) is 0.470. The lowest BCUT2D eigenvalue weighted by Crippen LogP contribution is -2.32. The van der Waals surface area contributed by atoms with Crippen molar-refractivity contribution in [2.75, 3.05) is 27.2 Å². The van der Waals surface area contributed by atoms with E-state index < -0.39 is 0 Å². The van der Waals surface area contributed by atoms with Gasteiger partial charge in [-0.25, -0.2) is 0 Å². The number of rotatable bonds is 5. The normalized spacial score (nSPS) is 11.8. The first-order valence-electron chi connectivity index (χ1n) is 5.98. The van der Waals surface area contributed by atoms with Gasteiger partial charge in [-0.1, -0.05) is 24.6 Å². The maximum Gasteiger partial charge on any atom is 0.251 e. The van der Waals surface area contributed by atoms with Gasteiger partial charge in [-0.15, -0.1) is 12.4 Å². The molecule has 18 heavy (non-hydrogen) atoms. The Hall–Kier alpha value is -1.06. The van der Waals surface area contributed by atoms with Crippen LogP contribution in [-0.4, -0.2) is 38.0 Å². The Labute approximate surface area is 116 Å². The second-order valence-electron chi connectivity index (χ2n) is 4.95. The predicted octanol–water partition coefficient (Wildman–Crippen LogP) is 2.34. The van der Waals surface area contributed by atoms with E-state index in [0.29, 0.717) is 12.5 Å². The second kappa shape index (κ2) is 8.11. The molecule has 0 radical (unpaired) electrons. The summed E-state index contributed by atoms with van der Waals surface area (Å²) in [6.45, 7) is 5.82. The Morgan fingerprint density at radius 1 is 1.39 bits per heavy atom. The zero-order valence-corrected chi connectivity index (χ0v) is 12.4. The third-order valence-electron chi connectivity index (χ3n) is 2.57. The number of halogens is 1. The van der Waals surface area contributed by atoms with Crippen molar-refractivity contribution in [3.8, 4) is 0 Å². The summed E-state index contributed by atoms with van der Waals surface area (Å²) in [5, 5.41) is 2.97. The standard InChI is InChI=1S/C14H22N2O.ClH/c1-11-6-5-7-13(8-11)14(17)15-9-12(2)10-16(3)4;/h5-8,12H,9-10H2,1-4H3,(H,15,17);1H. The molecule has 1 unspecified atom stereocenters. The molecule has 1 rings (SSSR count). The molecule has 0 aliphatic heterocycles. The molecule has 1 atom stereocenters. The number of hydrogen-bond donors (Lipinski definition) is 1. The smallest absolute Gasteiger partial charge is 0.251 e. The Bertz CT molecular complexity index is 380. The van der Waals surface area contributed by atoms with Crippen LogP contribution in [0.15, 0.2) is 24.3 Å². The van der Waals surface area contributed by atoms with Crippen molar-refractivity contribution >= 4 is 18.3 Å². The summed E-state index contributed by atoms with van der Waals surface area (Å²) < 4.78 is 0. The number of benzene rings is 1. The third-order valence-corrected chi connectivity index (χ3v) is 2.57. The van der Waals surface area contributed by atoms with E-state index >= 15 is 0 Å². The lowest BCUT2D eigenvalue weighted by Gasteiger charge is -2.17. The van der Waals surface area contributed by atoms with Crippen molar-refractivity contribution in [3.05, 3.63) is 35.4 Å². The summed E-state index contributed by atoms with van der Waals surface area (Å²) in [5.41, 5.74) is 1.85. The molecule has 1 aromatic rings. The number of nitrogens with zero attached hydrogens (tertiary/aromatic N) is 1. The number of carbonyl (C=O) groups is 1. The summed E-state index contributed by atoms with van der Waals surface area (Å²) in [7, 11) is 4.08. The van der Waals surface area contributed by atoms with E-state index in [2.05, 4.69) is 17.1 Å². The Morgan fingerprint density at radius 2 is 2.06 bits per heavy atom. The molecule has 0 spiro atoms. The predicted molar refractivity (Wildman–Crippen MR) is 78.5 cm³/mol. The second-order valence-corrected chi connectivity index (χ2v) is 4.95. The van der Waals surface area contributed by atoms with Gasteiger partial charge in [0.1, 0.15) is 0 Å². The van der Waals surface area contributed by atoms with E-state index in [1.54, 1.807) is 0 Å². The molecule has 0 aromatic heterocycles. The quantitative estimate of drug-likeness (QED) is 0.891. The van der Waals surface area contributed by atoms with E-state index in [4.69, 9.17) is 0 Å². The van der Waals surface area contributed by atoms with Crippen LogP contribution >= 0.6 is 12.4 Å². The van der Waals surface area contributed by atoms with Crippen LogP contribution in [0, 0.1) is 12.8 Å². The molecule has 0 saturated heterocycles. The molecule has 102 valence electrons. The fourth-order valence-corrected chi connectivity index (χ4v) is 1.84. The molecule has 0 aliphatic carbocycles. The van der Waals surface area contributed by atoms with Crippen molar-refractivity contribution in [1.29, 1.82) is 0 Å². The molecule has 0 bridgehead atoms. The van der Waals surface area contributed by atoms with Crippen LogP contribution in [0.4, 0.5) is 0 Å². The van der Waals surface area contributed by atoms with E-state index in [0.717, 1.165) is 17.7 Å². The Morgan fingerprint density at radius 3 is 2.61 bits per heavy atom. The van der Waals surface area contributed by atoms with Gasteiger partial charge in [0.25, 0.3) is 5.91 Å².